The molecule has 0 aliphatic heterocycles. The molecule has 2 fully saturated rings. The van der Waals surface area contributed by atoms with Gasteiger partial charge >= 0.3 is 0 Å². The predicted octanol–water partition coefficient (Wildman–Crippen LogP) is 4.19. The molecule has 0 bridgehead atoms. The van der Waals surface area contributed by atoms with Gasteiger partial charge in [0.1, 0.15) is 18.1 Å². The van der Waals surface area contributed by atoms with E-state index in [1.165, 1.54) is 24.8 Å². The van der Waals surface area contributed by atoms with Crippen molar-refractivity contribution in [3.8, 4) is 5.75 Å². The van der Waals surface area contributed by atoms with E-state index in [0.717, 1.165) is 42.8 Å². The van der Waals surface area contributed by atoms with Crippen LogP contribution in [0.4, 0.5) is 0 Å². The molecule has 0 amide bonds. The highest BCUT2D eigenvalue weighted by Crippen LogP contribution is 2.47. The highest BCUT2D eigenvalue weighted by molar-refractivity contribution is 5.84. The van der Waals surface area contributed by atoms with E-state index in [4.69, 9.17) is 4.74 Å². The van der Waals surface area contributed by atoms with E-state index in [-0.39, 0.29) is 0 Å². The summed E-state index contributed by atoms with van der Waals surface area (Å²) in [6.45, 7) is 4.21. The molecule has 2 aliphatic rings. The Morgan fingerprint density at radius 1 is 1.14 bits per heavy atom. The van der Waals surface area contributed by atoms with Crippen LogP contribution in [0.1, 0.15) is 37.7 Å². The molecule has 0 radical (unpaired) electrons. The molecule has 0 spiro atoms. The second-order valence-corrected chi connectivity index (χ2v) is 6.59. The number of carbonyl (C=O) groups excluding carboxylic acids is 1. The third-order valence-corrected chi connectivity index (χ3v) is 5.05. The minimum Gasteiger partial charge on any atom is -0.490 e. The Labute approximate surface area is 127 Å². The van der Waals surface area contributed by atoms with E-state index in [2.05, 4.69) is 18.7 Å². The molecule has 0 atom stereocenters. The number of ketones is 1. The van der Waals surface area contributed by atoms with Crippen molar-refractivity contribution in [1.29, 1.82) is 0 Å². The lowest BCUT2D eigenvalue weighted by Crippen LogP contribution is -2.38. The van der Waals surface area contributed by atoms with Crippen LogP contribution in [-0.4, -0.2) is 12.4 Å². The summed E-state index contributed by atoms with van der Waals surface area (Å²) in [5.41, 5.74) is 1.39. The fourth-order valence-corrected chi connectivity index (χ4v) is 3.54. The molecule has 0 aromatic heterocycles. The Kier molecular flexibility index (Phi) is 4.42. The van der Waals surface area contributed by atoms with E-state index in [9.17, 15) is 4.79 Å². The minimum atomic E-state index is 0.474. The van der Waals surface area contributed by atoms with Crippen LogP contribution in [0.2, 0.25) is 0 Å². The molecule has 2 saturated carbocycles. The lowest BCUT2D eigenvalue weighted by molar-refractivity contribution is -0.130. The summed E-state index contributed by atoms with van der Waals surface area (Å²) in [6.07, 6.45) is 8.62. The van der Waals surface area contributed by atoms with Crippen molar-refractivity contribution in [1.82, 2.24) is 0 Å². The van der Waals surface area contributed by atoms with Gasteiger partial charge < -0.3 is 4.74 Å². The summed E-state index contributed by atoms with van der Waals surface area (Å²) >= 11 is 0. The molecule has 2 nitrogen and oxygen atoms in total. The second-order valence-electron chi connectivity index (χ2n) is 6.59. The van der Waals surface area contributed by atoms with E-state index in [1.807, 2.05) is 12.1 Å². The molecule has 1 aromatic carbocycles. The van der Waals surface area contributed by atoms with Gasteiger partial charge in [0.05, 0.1) is 0 Å². The maximum atomic E-state index is 11.0. The zero-order valence-corrected chi connectivity index (χ0v) is 12.6. The Morgan fingerprint density at radius 2 is 1.86 bits per heavy atom. The van der Waals surface area contributed by atoms with Crippen LogP contribution in [0, 0.1) is 17.8 Å². The average Bonchev–Trinajstić information content (AvgIpc) is 2.42. The highest BCUT2D eigenvalue weighted by atomic mass is 16.5. The van der Waals surface area contributed by atoms with Gasteiger partial charge in [0.15, 0.2) is 0 Å². The van der Waals surface area contributed by atoms with Crippen LogP contribution in [0.25, 0.3) is 0 Å². The van der Waals surface area contributed by atoms with Crippen molar-refractivity contribution in [3.05, 3.63) is 42.5 Å². The van der Waals surface area contributed by atoms with Crippen LogP contribution in [0.15, 0.2) is 36.9 Å². The number of carbonyl (C=O) groups is 1. The number of benzene rings is 1. The van der Waals surface area contributed by atoms with Gasteiger partial charge in [0.25, 0.3) is 0 Å². The van der Waals surface area contributed by atoms with E-state index >= 15 is 0 Å². The second kappa shape index (κ2) is 6.46. The Hall–Kier alpha value is -1.57. The van der Waals surface area contributed by atoms with Gasteiger partial charge in [-0.25, -0.2) is 0 Å². The van der Waals surface area contributed by atoms with Crippen LogP contribution >= 0.6 is 0 Å². The van der Waals surface area contributed by atoms with Crippen LogP contribution in [0.5, 0.6) is 5.75 Å². The van der Waals surface area contributed by atoms with Crippen molar-refractivity contribution in [2.75, 3.05) is 6.61 Å². The Balaban J connectivity index is 1.36. The van der Waals surface area contributed by atoms with E-state index in [0.29, 0.717) is 12.4 Å². The molecule has 0 saturated heterocycles. The first-order chi connectivity index (χ1) is 10.2. The van der Waals surface area contributed by atoms with Gasteiger partial charge in [-0.05, 0) is 61.1 Å². The molecule has 2 heteroatoms. The van der Waals surface area contributed by atoms with Gasteiger partial charge in [-0.2, -0.15) is 0 Å². The molecular weight excluding hydrogens is 260 g/mol. The zero-order chi connectivity index (χ0) is 14.7. The van der Waals surface area contributed by atoms with Gasteiger partial charge in [-0.3, -0.25) is 4.79 Å². The van der Waals surface area contributed by atoms with Crippen molar-refractivity contribution in [2.24, 2.45) is 17.8 Å². The minimum absolute atomic E-state index is 0.474. The SMILES string of the molecule is C=CCOc1ccc(CCC2CC(C3CC(=O)C3)C2)cc1. The van der Waals surface area contributed by atoms with Gasteiger partial charge in [0, 0.05) is 12.8 Å². The zero-order valence-electron chi connectivity index (χ0n) is 12.6. The van der Waals surface area contributed by atoms with Crippen LogP contribution in [0.3, 0.4) is 0 Å². The van der Waals surface area contributed by atoms with Crippen molar-refractivity contribution in [2.45, 2.75) is 38.5 Å². The molecule has 0 heterocycles. The molecular formula is C19H24O2. The molecule has 112 valence electrons. The fourth-order valence-electron chi connectivity index (χ4n) is 3.54. The van der Waals surface area contributed by atoms with Gasteiger partial charge in [-0.1, -0.05) is 24.8 Å². The first-order valence-corrected chi connectivity index (χ1v) is 8.09. The number of hydrogen-bond acceptors (Lipinski definition) is 2. The monoisotopic (exact) mass is 284 g/mol. The number of rotatable bonds is 7. The highest BCUT2D eigenvalue weighted by Gasteiger charge is 2.40. The number of Topliss-reactive ketones (excluding diaryl/α,β-unsaturated/α-hetero) is 1. The summed E-state index contributed by atoms with van der Waals surface area (Å²) in [5, 5.41) is 0. The van der Waals surface area contributed by atoms with Crippen LogP contribution < -0.4 is 4.74 Å². The largest absolute Gasteiger partial charge is 0.490 e. The Morgan fingerprint density at radius 3 is 2.48 bits per heavy atom. The molecule has 0 unspecified atom stereocenters. The summed E-state index contributed by atoms with van der Waals surface area (Å²) in [4.78, 5) is 11.0. The van der Waals surface area contributed by atoms with E-state index in [1.54, 1.807) is 6.08 Å². The summed E-state index contributed by atoms with van der Waals surface area (Å²) in [6, 6.07) is 8.42. The van der Waals surface area contributed by atoms with Gasteiger partial charge in [-0.15, -0.1) is 0 Å². The lowest BCUT2D eigenvalue weighted by Gasteiger charge is -2.43. The third kappa shape index (κ3) is 3.55. The van der Waals surface area contributed by atoms with Crippen molar-refractivity contribution >= 4 is 5.78 Å². The number of aryl methyl sites for hydroxylation is 1. The lowest BCUT2D eigenvalue weighted by atomic mass is 9.61. The average molecular weight is 284 g/mol. The molecule has 2 aliphatic carbocycles. The first kappa shape index (κ1) is 14.4. The van der Waals surface area contributed by atoms with Crippen molar-refractivity contribution in [3.63, 3.8) is 0 Å². The standard InChI is InChI=1S/C19H24O2/c1-2-9-21-19-7-5-14(6-8-19)3-4-15-10-16(11-15)17-12-18(20)13-17/h2,5-8,15-17H,1,3-4,9-13H2. The predicted molar refractivity (Wildman–Crippen MR) is 84.4 cm³/mol. The molecule has 3 rings (SSSR count). The van der Waals surface area contributed by atoms with E-state index < -0.39 is 0 Å². The summed E-state index contributed by atoms with van der Waals surface area (Å²) in [5.74, 6) is 3.85. The normalized spacial score (nSPS) is 25.0. The molecule has 0 N–H and O–H groups in total. The third-order valence-electron chi connectivity index (χ3n) is 5.05. The van der Waals surface area contributed by atoms with Crippen LogP contribution in [-0.2, 0) is 11.2 Å². The van der Waals surface area contributed by atoms with Crippen molar-refractivity contribution < 1.29 is 9.53 Å². The molecule has 1 aromatic rings. The summed E-state index contributed by atoms with van der Waals surface area (Å²) < 4.78 is 5.49. The maximum absolute atomic E-state index is 11.0. The topological polar surface area (TPSA) is 26.3 Å². The fraction of sp³-hybridized carbons (Fsp3) is 0.526. The maximum Gasteiger partial charge on any atom is 0.133 e. The Bertz CT molecular complexity index is 489. The smallest absolute Gasteiger partial charge is 0.133 e. The summed E-state index contributed by atoms with van der Waals surface area (Å²) in [7, 11) is 0. The first-order valence-electron chi connectivity index (χ1n) is 8.09. The number of hydrogen-bond donors (Lipinski definition) is 0. The van der Waals surface area contributed by atoms with Gasteiger partial charge in [0.2, 0.25) is 0 Å². The molecule has 21 heavy (non-hydrogen) atoms. The number of ether oxygens (including phenoxy) is 1. The quantitative estimate of drug-likeness (QED) is 0.702.